The van der Waals surface area contributed by atoms with Crippen LogP contribution in [0.3, 0.4) is 0 Å². The Morgan fingerprint density at radius 2 is 1.77 bits per heavy atom. The van der Waals surface area contributed by atoms with Crippen molar-refractivity contribution in [1.29, 1.82) is 0 Å². The van der Waals surface area contributed by atoms with Gasteiger partial charge in [-0.05, 0) is 50.2 Å². The Bertz CT molecular complexity index is 1210. The monoisotopic (exact) mass is 402 g/mol. The van der Waals surface area contributed by atoms with E-state index in [1.807, 2.05) is 6.92 Å². The molecule has 150 valence electrons. The van der Waals surface area contributed by atoms with Gasteiger partial charge in [0.05, 0.1) is 11.3 Å². The van der Waals surface area contributed by atoms with Gasteiger partial charge in [-0.2, -0.15) is 0 Å². The standard InChI is InChI=1S/C23H19FN4O2/c1-15-13-19(16(2)28(15)21-10-4-3-9-20(21)24)22(29)27-17-7-5-8-18(14-17)30-23-25-11-6-12-26-23/h3-14H,1-2H3,(H,27,29). The highest BCUT2D eigenvalue weighted by atomic mass is 19.1. The number of ether oxygens (including phenoxy) is 1. The van der Waals surface area contributed by atoms with E-state index >= 15 is 0 Å². The summed E-state index contributed by atoms with van der Waals surface area (Å²) in [5.41, 5.74) is 2.85. The number of nitrogens with zero attached hydrogens (tertiary/aromatic N) is 3. The number of carbonyl (C=O) groups is 1. The Hall–Kier alpha value is -4.00. The van der Waals surface area contributed by atoms with Gasteiger partial charge in [0.25, 0.3) is 5.91 Å². The zero-order chi connectivity index (χ0) is 21.1. The number of aromatic nitrogens is 3. The zero-order valence-corrected chi connectivity index (χ0v) is 16.5. The molecule has 0 fully saturated rings. The summed E-state index contributed by atoms with van der Waals surface area (Å²) in [6, 6.07) is 17.1. The smallest absolute Gasteiger partial charge is 0.321 e. The Kier molecular flexibility index (Phi) is 5.26. The molecule has 2 aromatic heterocycles. The quantitative estimate of drug-likeness (QED) is 0.506. The number of halogens is 1. The maximum absolute atomic E-state index is 14.3. The SMILES string of the molecule is Cc1cc(C(=O)Nc2cccc(Oc3ncccn3)c2)c(C)n1-c1ccccc1F. The van der Waals surface area contributed by atoms with Crippen molar-refractivity contribution in [3.63, 3.8) is 0 Å². The van der Waals surface area contributed by atoms with Crippen LogP contribution in [0.5, 0.6) is 11.8 Å². The molecule has 0 bridgehead atoms. The third-order valence-corrected chi connectivity index (χ3v) is 4.61. The van der Waals surface area contributed by atoms with Crippen LogP contribution in [0.1, 0.15) is 21.7 Å². The summed E-state index contributed by atoms with van der Waals surface area (Å²) in [7, 11) is 0. The van der Waals surface area contributed by atoms with Gasteiger partial charge in [0, 0.05) is 35.5 Å². The molecule has 4 aromatic rings. The van der Waals surface area contributed by atoms with Gasteiger partial charge in [0.2, 0.25) is 0 Å². The Balaban J connectivity index is 1.57. The summed E-state index contributed by atoms with van der Waals surface area (Å²) >= 11 is 0. The van der Waals surface area contributed by atoms with E-state index in [1.165, 1.54) is 6.07 Å². The van der Waals surface area contributed by atoms with Gasteiger partial charge >= 0.3 is 6.01 Å². The lowest BCUT2D eigenvalue weighted by molar-refractivity contribution is 0.102. The lowest BCUT2D eigenvalue weighted by Crippen LogP contribution is -2.13. The average Bonchev–Trinajstić information content (AvgIpc) is 3.04. The van der Waals surface area contributed by atoms with Crippen LogP contribution in [0, 0.1) is 19.7 Å². The molecule has 0 aliphatic rings. The average molecular weight is 402 g/mol. The molecular weight excluding hydrogens is 383 g/mol. The molecule has 2 heterocycles. The fourth-order valence-corrected chi connectivity index (χ4v) is 3.28. The number of hydrogen-bond acceptors (Lipinski definition) is 4. The van der Waals surface area contributed by atoms with E-state index in [0.717, 1.165) is 5.69 Å². The molecule has 0 aliphatic carbocycles. The lowest BCUT2D eigenvalue weighted by atomic mass is 10.2. The summed E-state index contributed by atoms with van der Waals surface area (Å²) in [6.45, 7) is 3.63. The second-order valence-electron chi connectivity index (χ2n) is 6.69. The number of anilines is 1. The molecule has 2 aromatic carbocycles. The van der Waals surface area contributed by atoms with Crippen molar-refractivity contribution in [2.24, 2.45) is 0 Å². The van der Waals surface area contributed by atoms with Gasteiger partial charge in [0.1, 0.15) is 11.6 Å². The predicted molar refractivity (Wildman–Crippen MR) is 112 cm³/mol. The Labute approximate surface area is 173 Å². The zero-order valence-electron chi connectivity index (χ0n) is 16.5. The Morgan fingerprint density at radius 3 is 2.53 bits per heavy atom. The second-order valence-corrected chi connectivity index (χ2v) is 6.69. The highest BCUT2D eigenvalue weighted by Gasteiger charge is 2.18. The van der Waals surface area contributed by atoms with Gasteiger partial charge < -0.3 is 14.6 Å². The molecule has 0 saturated carbocycles. The molecule has 0 aliphatic heterocycles. The van der Waals surface area contributed by atoms with Crippen molar-refractivity contribution >= 4 is 11.6 Å². The van der Waals surface area contributed by atoms with Crippen LogP contribution in [-0.4, -0.2) is 20.4 Å². The first-order chi connectivity index (χ1) is 14.5. The minimum atomic E-state index is -0.348. The third kappa shape index (κ3) is 3.91. The fraction of sp³-hybridized carbons (Fsp3) is 0.0870. The van der Waals surface area contributed by atoms with Crippen LogP contribution in [-0.2, 0) is 0 Å². The second kappa shape index (κ2) is 8.16. The van der Waals surface area contributed by atoms with Crippen molar-refractivity contribution in [3.8, 4) is 17.4 Å². The molecule has 4 rings (SSSR count). The Morgan fingerprint density at radius 1 is 1.00 bits per heavy atom. The predicted octanol–water partition coefficient (Wildman–Crippen LogP) is 5.07. The summed E-state index contributed by atoms with van der Waals surface area (Å²) < 4.78 is 21.6. The van der Waals surface area contributed by atoms with Crippen LogP contribution in [0.15, 0.2) is 73.1 Å². The highest BCUT2D eigenvalue weighted by molar-refractivity contribution is 6.05. The number of carbonyl (C=O) groups excluding carboxylic acids is 1. The molecule has 1 amide bonds. The number of amides is 1. The molecule has 1 N–H and O–H groups in total. The van der Waals surface area contributed by atoms with Crippen LogP contribution in [0.4, 0.5) is 10.1 Å². The van der Waals surface area contributed by atoms with Crippen molar-refractivity contribution in [2.45, 2.75) is 13.8 Å². The number of benzene rings is 2. The van der Waals surface area contributed by atoms with E-state index in [1.54, 1.807) is 78.5 Å². The summed E-state index contributed by atoms with van der Waals surface area (Å²) in [5.74, 6) is -0.145. The van der Waals surface area contributed by atoms with Gasteiger partial charge in [-0.15, -0.1) is 0 Å². The van der Waals surface area contributed by atoms with E-state index in [0.29, 0.717) is 28.4 Å². The van der Waals surface area contributed by atoms with Gasteiger partial charge in [-0.25, -0.2) is 14.4 Å². The van der Waals surface area contributed by atoms with Crippen LogP contribution in [0.2, 0.25) is 0 Å². The van der Waals surface area contributed by atoms with Crippen molar-refractivity contribution in [3.05, 3.63) is 95.8 Å². The molecule has 0 unspecified atom stereocenters. The maximum atomic E-state index is 14.3. The maximum Gasteiger partial charge on any atom is 0.321 e. The van der Waals surface area contributed by atoms with Crippen LogP contribution in [0.25, 0.3) is 5.69 Å². The largest absolute Gasteiger partial charge is 0.424 e. The summed E-state index contributed by atoms with van der Waals surface area (Å²) in [6.07, 6.45) is 3.17. The minimum absolute atomic E-state index is 0.217. The highest BCUT2D eigenvalue weighted by Crippen LogP contribution is 2.25. The first kappa shape index (κ1) is 19.3. The fourth-order valence-electron chi connectivity index (χ4n) is 3.28. The number of para-hydroxylation sites is 1. The van der Waals surface area contributed by atoms with Crippen molar-refractivity contribution in [1.82, 2.24) is 14.5 Å². The number of nitrogens with one attached hydrogen (secondary N) is 1. The van der Waals surface area contributed by atoms with Crippen molar-refractivity contribution in [2.75, 3.05) is 5.32 Å². The molecule has 0 radical (unpaired) electrons. The van der Waals surface area contributed by atoms with Crippen LogP contribution < -0.4 is 10.1 Å². The molecule has 30 heavy (non-hydrogen) atoms. The number of aryl methyl sites for hydroxylation is 1. The van der Waals surface area contributed by atoms with Gasteiger partial charge in [-0.1, -0.05) is 18.2 Å². The molecule has 0 spiro atoms. The summed E-state index contributed by atoms with van der Waals surface area (Å²) in [5, 5.41) is 2.87. The normalized spacial score (nSPS) is 10.6. The van der Waals surface area contributed by atoms with Gasteiger partial charge in [-0.3, -0.25) is 4.79 Å². The number of hydrogen-bond donors (Lipinski definition) is 1. The molecule has 0 saturated heterocycles. The summed E-state index contributed by atoms with van der Waals surface area (Å²) in [4.78, 5) is 20.9. The van der Waals surface area contributed by atoms with Gasteiger partial charge in [0.15, 0.2) is 0 Å². The third-order valence-electron chi connectivity index (χ3n) is 4.61. The first-order valence-electron chi connectivity index (χ1n) is 9.33. The lowest BCUT2D eigenvalue weighted by Gasteiger charge is -2.11. The topological polar surface area (TPSA) is 69.0 Å². The van der Waals surface area contributed by atoms with E-state index in [9.17, 15) is 9.18 Å². The van der Waals surface area contributed by atoms with E-state index in [-0.39, 0.29) is 17.7 Å². The van der Waals surface area contributed by atoms with E-state index < -0.39 is 0 Å². The molecule has 6 nitrogen and oxygen atoms in total. The molecule has 7 heteroatoms. The molecule has 0 atom stereocenters. The van der Waals surface area contributed by atoms with E-state index in [2.05, 4.69) is 15.3 Å². The van der Waals surface area contributed by atoms with Crippen molar-refractivity contribution < 1.29 is 13.9 Å². The molecular formula is C23H19FN4O2. The van der Waals surface area contributed by atoms with E-state index in [4.69, 9.17) is 4.74 Å². The minimum Gasteiger partial charge on any atom is -0.424 e. The first-order valence-corrected chi connectivity index (χ1v) is 9.33. The van der Waals surface area contributed by atoms with Crippen LogP contribution >= 0.6 is 0 Å². The number of rotatable bonds is 5.